The Balaban J connectivity index is 1.93. The van der Waals surface area contributed by atoms with Crippen LogP contribution >= 0.6 is 11.6 Å². The smallest absolute Gasteiger partial charge is 0.305 e. The van der Waals surface area contributed by atoms with Crippen LogP contribution in [0.3, 0.4) is 0 Å². The van der Waals surface area contributed by atoms with Crippen molar-refractivity contribution in [2.45, 2.75) is 78.3 Å². The Hall–Kier alpha value is -2.97. The zero-order chi connectivity index (χ0) is 31.8. The second-order valence-electron chi connectivity index (χ2n) is 13.4. The van der Waals surface area contributed by atoms with E-state index in [1.54, 1.807) is 4.90 Å². The van der Waals surface area contributed by atoms with Gasteiger partial charge in [-0.05, 0) is 54.1 Å². The van der Waals surface area contributed by atoms with Gasteiger partial charge in [0.05, 0.1) is 12.6 Å². The maximum Gasteiger partial charge on any atom is 0.305 e. The summed E-state index contributed by atoms with van der Waals surface area (Å²) in [7, 11) is -1.29. The summed E-state index contributed by atoms with van der Waals surface area (Å²) in [6, 6.07) is 15.6. The summed E-state index contributed by atoms with van der Waals surface area (Å²) < 4.78 is 36.5. The molecular weight excluding hydrogens is 586 g/mol. The first-order chi connectivity index (χ1) is 20.2. The number of hydrogen-bond donors (Lipinski definition) is 0. The third kappa shape index (κ3) is 10.3. The van der Waals surface area contributed by atoms with Crippen LogP contribution in [0.2, 0.25) is 25.7 Å². The Morgan fingerprint density at radius 2 is 1.72 bits per heavy atom. The highest BCUT2D eigenvalue weighted by Crippen LogP contribution is 2.41. The standard InChI is InChI=1S/C34H45ClF2N2O3Si/c1-34(2,3)33(39(31(40)22-35)17-11-10-14-32(41)42-18-19-43(4,5)6)30-20-26(28-21-27(36)15-16-29(28)37)24-38(30)23-25-12-8-7-9-13-25/h7-9,12-13,15-16,20-21,24,33H,10-11,14,17-19,22-23H2,1-6H3. The highest BCUT2D eigenvalue weighted by Gasteiger charge is 2.37. The molecule has 0 spiro atoms. The van der Waals surface area contributed by atoms with Crippen molar-refractivity contribution in [1.82, 2.24) is 9.47 Å². The highest BCUT2D eigenvalue weighted by molar-refractivity contribution is 6.76. The Bertz CT molecular complexity index is 1370. The predicted octanol–water partition coefficient (Wildman–Crippen LogP) is 8.69. The van der Waals surface area contributed by atoms with E-state index in [2.05, 4.69) is 19.6 Å². The molecule has 234 valence electrons. The first-order valence-corrected chi connectivity index (χ1v) is 19.1. The lowest BCUT2D eigenvalue weighted by molar-refractivity contribution is -0.143. The lowest BCUT2D eigenvalue weighted by atomic mass is 9.83. The van der Waals surface area contributed by atoms with Crippen LogP contribution in [0.15, 0.2) is 60.8 Å². The average Bonchev–Trinajstić information content (AvgIpc) is 3.32. The maximum atomic E-state index is 14.9. The predicted molar refractivity (Wildman–Crippen MR) is 173 cm³/mol. The van der Waals surface area contributed by atoms with Crippen molar-refractivity contribution in [2.24, 2.45) is 5.41 Å². The molecule has 2 aromatic carbocycles. The Morgan fingerprint density at radius 1 is 1.02 bits per heavy atom. The van der Waals surface area contributed by atoms with Gasteiger partial charge in [-0.15, -0.1) is 11.6 Å². The van der Waals surface area contributed by atoms with Crippen LogP contribution in [-0.2, 0) is 20.9 Å². The van der Waals surface area contributed by atoms with Gasteiger partial charge in [-0.1, -0.05) is 70.7 Å². The number of alkyl halides is 1. The topological polar surface area (TPSA) is 51.5 Å². The van der Waals surface area contributed by atoms with Crippen LogP contribution in [0.5, 0.6) is 0 Å². The molecular formula is C34H45ClF2N2O3Si. The number of carbonyl (C=O) groups excluding carboxylic acids is 2. The molecule has 0 aliphatic carbocycles. The van der Waals surface area contributed by atoms with E-state index in [1.165, 1.54) is 6.07 Å². The van der Waals surface area contributed by atoms with Gasteiger partial charge in [-0.3, -0.25) is 9.59 Å². The normalized spacial score (nSPS) is 12.7. The van der Waals surface area contributed by atoms with E-state index in [9.17, 15) is 18.4 Å². The number of hydrogen-bond acceptors (Lipinski definition) is 3. The largest absolute Gasteiger partial charge is 0.466 e. The number of nitrogens with zero attached hydrogens (tertiary/aromatic N) is 2. The molecule has 0 fully saturated rings. The first kappa shape index (κ1) is 34.5. The molecule has 0 radical (unpaired) electrons. The van der Waals surface area contributed by atoms with Gasteiger partial charge in [-0.25, -0.2) is 8.78 Å². The van der Waals surface area contributed by atoms with Gasteiger partial charge in [0, 0.05) is 50.6 Å². The highest BCUT2D eigenvalue weighted by atomic mass is 35.5. The van der Waals surface area contributed by atoms with Crippen LogP contribution in [0.4, 0.5) is 8.78 Å². The molecule has 0 saturated heterocycles. The van der Waals surface area contributed by atoms with Crippen LogP contribution in [0.1, 0.15) is 57.3 Å². The van der Waals surface area contributed by atoms with Crippen LogP contribution in [0.25, 0.3) is 11.1 Å². The van der Waals surface area contributed by atoms with Crippen LogP contribution in [-0.4, -0.2) is 48.4 Å². The number of carbonyl (C=O) groups is 2. The van der Waals surface area contributed by atoms with Crippen molar-refractivity contribution in [1.29, 1.82) is 0 Å². The lowest BCUT2D eigenvalue weighted by Crippen LogP contribution is -2.43. The number of benzene rings is 2. The fourth-order valence-electron chi connectivity index (χ4n) is 5.18. The second kappa shape index (κ2) is 15.2. The van der Waals surface area contributed by atoms with E-state index in [0.29, 0.717) is 38.1 Å². The van der Waals surface area contributed by atoms with Gasteiger partial charge in [0.1, 0.15) is 17.5 Å². The number of unbranched alkanes of at least 4 members (excludes halogenated alkanes) is 1. The number of rotatable bonds is 14. The van der Waals surface area contributed by atoms with E-state index in [1.807, 2.05) is 67.9 Å². The third-order valence-electron chi connectivity index (χ3n) is 7.36. The van der Waals surface area contributed by atoms with Crippen molar-refractivity contribution in [3.05, 3.63) is 83.7 Å². The number of halogens is 3. The molecule has 0 bridgehead atoms. The minimum Gasteiger partial charge on any atom is -0.466 e. The summed E-state index contributed by atoms with van der Waals surface area (Å²) in [5.74, 6) is -1.71. The molecule has 1 heterocycles. The minimum atomic E-state index is -1.29. The van der Waals surface area contributed by atoms with Gasteiger partial charge >= 0.3 is 5.97 Å². The van der Waals surface area contributed by atoms with E-state index < -0.39 is 31.2 Å². The summed E-state index contributed by atoms with van der Waals surface area (Å²) in [6.45, 7) is 14.2. The van der Waals surface area contributed by atoms with Crippen molar-refractivity contribution < 1.29 is 23.1 Å². The van der Waals surface area contributed by atoms with Crippen LogP contribution in [0, 0.1) is 17.0 Å². The molecule has 1 amide bonds. The number of amides is 1. The SMILES string of the molecule is CC(C)(C)C(c1cc(-c2cc(F)ccc2F)cn1Cc1ccccc1)N(CCCCC(=O)OCC[Si](C)(C)C)C(=O)CCl. The number of esters is 1. The van der Waals surface area contributed by atoms with Crippen molar-refractivity contribution in [3.8, 4) is 11.1 Å². The van der Waals surface area contributed by atoms with Gasteiger partial charge in [-0.2, -0.15) is 0 Å². The fourth-order valence-corrected chi connectivity index (χ4v) is 6.05. The average molecular weight is 631 g/mol. The summed E-state index contributed by atoms with van der Waals surface area (Å²) in [6.07, 6.45) is 3.25. The summed E-state index contributed by atoms with van der Waals surface area (Å²) in [5, 5.41) is 0. The van der Waals surface area contributed by atoms with Crippen molar-refractivity contribution in [3.63, 3.8) is 0 Å². The Morgan fingerprint density at radius 3 is 2.35 bits per heavy atom. The van der Waals surface area contributed by atoms with E-state index >= 15 is 0 Å². The second-order valence-corrected chi connectivity index (χ2v) is 19.3. The zero-order valence-electron chi connectivity index (χ0n) is 26.3. The lowest BCUT2D eigenvalue weighted by Gasteiger charge is -2.41. The van der Waals surface area contributed by atoms with Crippen molar-refractivity contribution in [2.75, 3.05) is 19.0 Å². The molecule has 1 atom stereocenters. The van der Waals surface area contributed by atoms with E-state index in [0.717, 1.165) is 29.4 Å². The fraction of sp³-hybridized carbons (Fsp3) is 0.471. The molecule has 0 saturated carbocycles. The molecule has 43 heavy (non-hydrogen) atoms. The quantitative estimate of drug-likeness (QED) is 0.0775. The zero-order valence-corrected chi connectivity index (χ0v) is 28.0. The third-order valence-corrected chi connectivity index (χ3v) is 9.29. The van der Waals surface area contributed by atoms with E-state index in [-0.39, 0.29) is 29.7 Å². The molecule has 0 aliphatic heterocycles. The van der Waals surface area contributed by atoms with Gasteiger partial charge in [0.25, 0.3) is 0 Å². The molecule has 3 aromatic rings. The van der Waals surface area contributed by atoms with Gasteiger partial charge in [0.2, 0.25) is 5.91 Å². The van der Waals surface area contributed by atoms with Gasteiger partial charge < -0.3 is 14.2 Å². The molecule has 1 unspecified atom stereocenters. The maximum absolute atomic E-state index is 14.9. The first-order valence-electron chi connectivity index (χ1n) is 14.9. The Labute approximate surface area is 261 Å². The van der Waals surface area contributed by atoms with E-state index in [4.69, 9.17) is 16.3 Å². The molecule has 0 aliphatic rings. The molecule has 3 rings (SSSR count). The molecule has 5 nitrogen and oxygen atoms in total. The summed E-state index contributed by atoms with van der Waals surface area (Å²) >= 11 is 6.13. The number of aromatic nitrogens is 1. The number of ether oxygens (including phenoxy) is 1. The monoisotopic (exact) mass is 630 g/mol. The summed E-state index contributed by atoms with van der Waals surface area (Å²) in [5.41, 5.74) is 2.06. The molecule has 9 heteroatoms. The molecule has 0 N–H and O–H groups in total. The Kier molecular flexibility index (Phi) is 12.2. The van der Waals surface area contributed by atoms with Gasteiger partial charge in [0.15, 0.2) is 0 Å². The summed E-state index contributed by atoms with van der Waals surface area (Å²) in [4.78, 5) is 27.5. The molecule has 1 aromatic heterocycles. The minimum absolute atomic E-state index is 0.156. The van der Waals surface area contributed by atoms with Crippen LogP contribution < -0.4 is 0 Å². The van der Waals surface area contributed by atoms with Crippen molar-refractivity contribution >= 4 is 31.6 Å².